The van der Waals surface area contributed by atoms with Gasteiger partial charge in [0.1, 0.15) is 0 Å². The summed E-state index contributed by atoms with van der Waals surface area (Å²) >= 11 is 8.25. The summed E-state index contributed by atoms with van der Waals surface area (Å²) in [5.74, 6) is 0.0628. The van der Waals surface area contributed by atoms with Gasteiger partial charge in [0.25, 0.3) is 5.91 Å². The Morgan fingerprint density at radius 3 is 2.63 bits per heavy atom. The van der Waals surface area contributed by atoms with E-state index in [1.165, 1.54) is 0 Å². The SMILES string of the molecule is CN1CCC(N(C)C(=O)c2ccc(I)c(Cl)c2)CC1. The lowest BCUT2D eigenvalue weighted by Crippen LogP contribution is -2.44. The number of likely N-dealkylation sites (tertiary alicyclic amines) is 1. The Morgan fingerprint density at radius 1 is 1.42 bits per heavy atom. The molecule has 0 N–H and O–H groups in total. The molecule has 1 aromatic rings. The molecule has 5 heteroatoms. The zero-order valence-corrected chi connectivity index (χ0v) is 14.1. The van der Waals surface area contributed by atoms with E-state index in [1.54, 1.807) is 6.07 Å². The van der Waals surface area contributed by atoms with Crippen molar-refractivity contribution < 1.29 is 4.79 Å². The molecule has 1 saturated heterocycles. The molecule has 0 aromatic heterocycles. The van der Waals surface area contributed by atoms with Gasteiger partial charge in [-0.2, -0.15) is 0 Å². The molecule has 1 amide bonds. The van der Waals surface area contributed by atoms with Crippen LogP contribution < -0.4 is 0 Å². The first kappa shape index (κ1) is 15.1. The molecular formula is C14H18ClIN2O. The summed E-state index contributed by atoms with van der Waals surface area (Å²) in [6.45, 7) is 2.10. The Hall–Kier alpha value is -0.330. The minimum atomic E-state index is 0.0628. The number of hydrogen-bond acceptors (Lipinski definition) is 2. The molecule has 1 aliphatic heterocycles. The van der Waals surface area contributed by atoms with Crippen LogP contribution in [0.4, 0.5) is 0 Å². The van der Waals surface area contributed by atoms with Crippen LogP contribution >= 0.6 is 34.2 Å². The Morgan fingerprint density at radius 2 is 2.05 bits per heavy atom. The average molecular weight is 393 g/mol. The van der Waals surface area contributed by atoms with Crippen LogP contribution in [0.3, 0.4) is 0 Å². The molecule has 0 bridgehead atoms. The van der Waals surface area contributed by atoms with Crippen molar-refractivity contribution in [1.82, 2.24) is 9.80 Å². The van der Waals surface area contributed by atoms with Crippen LogP contribution in [-0.4, -0.2) is 48.9 Å². The van der Waals surface area contributed by atoms with Gasteiger partial charge in [-0.25, -0.2) is 0 Å². The lowest BCUT2D eigenvalue weighted by molar-refractivity contribution is 0.0659. The highest BCUT2D eigenvalue weighted by Crippen LogP contribution is 2.22. The van der Waals surface area contributed by atoms with Crippen LogP contribution in [0.2, 0.25) is 5.02 Å². The highest BCUT2D eigenvalue weighted by atomic mass is 127. The van der Waals surface area contributed by atoms with Gasteiger partial charge >= 0.3 is 0 Å². The van der Waals surface area contributed by atoms with Gasteiger partial charge in [0.05, 0.1) is 5.02 Å². The molecule has 2 rings (SSSR count). The van der Waals surface area contributed by atoms with E-state index in [4.69, 9.17) is 11.6 Å². The van der Waals surface area contributed by atoms with Crippen molar-refractivity contribution in [3.8, 4) is 0 Å². The molecule has 1 aliphatic rings. The molecule has 3 nitrogen and oxygen atoms in total. The van der Waals surface area contributed by atoms with E-state index in [-0.39, 0.29) is 5.91 Å². The van der Waals surface area contributed by atoms with Crippen molar-refractivity contribution in [2.75, 3.05) is 27.2 Å². The summed E-state index contributed by atoms with van der Waals surface area (Å²) in [5.41, 5.74) is 0.673. The minimum Gasteiger partial charge on any atom is -0.339 e. The molecule has 1 heterocycles. The van der Waals surface area contributed by atoms with E-state index >= 15 is 0 Å². The van der Waals surface area contributed by atoms with E-state index in [2.05, 4.69) is 34.5 Å². The molecule has 0 radical (unpaired) electrons. The molecule has 0 aliphatic carbocycles. The second-order valence-electron chi connectivity index (χ2n) is 5.08. The fourth-order valence-electron chi connectivity index (χ4n) is 2.38. The first-order chi connectivity index (χ1) is 8.99. The van der Waals surface area contributed by atoms with Crippen molar-refractivity contribution in [3.05, 3.63) is 32.4 Å². The van der Waals surface area contributed by atoms with Crippen molar-refractivity contribution >= 4 is 40.1 Å². The van der Waals surface area contributed by atoms with Crippen LogP contribution in [-0.2, 0) is 0 Å². The Bertz CT molecular complexity index is 473. The summed E-state index contributed by atoms with van der Waals surface area (Å²) in [5, 5.41) is 0.642. The Kier molecular flexibility index (Phi) is 5.09. The molecule has 0 spiro atoms. The van der Waals surface area contributed by atoms with E-state index in [0.717, 1.165) is 29.5 Å². The van der Waals surface area contributed by atoms with Crippen molar-refractivity contribution in [1.29, 1.82) is 0 Å². The maximum atomic E-state index is 12.4. The topological polar surface area (TPSA) is 23.6 Å². The third-order valence-corrected chi connectivity index (χ3v) is 5.29. The van der Waals surface area contributed by atoms with Crippen LogP contribution in [0.25, 0.3) is 0 Å². The maximum Gasteiger partial charge on any atom is 0.253 e. The molecule has 19 heavy (non-hydrogen) atoms. The van der Waals surface area contributed by atoms with Crippen molar-refractivity contribution in [2.45, 2.75) is 18.9 Å². The van der Waals surface area contributed by atoms with E-state index in [9.17, 15) is 4.79 Å². The molecule has 0 unspecified atom stereocenters. The lowest BCUT2D eigenvalue weighted by atomic mass is 10.0. The predicted molar refractivity (Wildman–Crippen MR) is 86.8 cm³/mol. The zero-order chi connectivity index (χ0) is 14.0. The summed E-state index contributed by atoms with van der Waals surface area (Å²) in [6.07, 6.45) is 2.08. The van der Waals surface area contributed by atoms with Crippen LogP contribution in [0.5, 0.6) is 0 Å². The predicted octanol–water partition coefficient (Wildman–Crippen LogP) is 3.11. The quantitative estimate of drug-likeness (QED) is 0.722. The summed E-state index contributed by atoms with van der Waals surface area (Å²) in [4.78, 5) is 16.6. The average Bonchev–Trinajstić information content (AvgIpc) is 2.41. The zero-order valence-electron chi connectivity index (χ0n) is 11.2. The van der Waals surface area contributed by atoms with Crippen molar-refractivity contribution in [2.24, 2.45) is 0 Å². The van der Waals surface area contributed by atoms with Gasteiger partial charge < -0.3 is 9.80 Å². The van der Waals surface area contributed by atoms with Crippen molar-refractivity contribution in [3.63, 3.8) is 0 Å². The van der Waals surface area contributed by atoms with Gasteiger partial charge in [0.15, 0.2) is 0 Å². The van der Waals surface area contributed by atoms with Gasteiger partial charge in [-0.3, -0.25) is 4.79 Å². The molecule has 0 saturated carbocycles. The fraction of sp³-hybridized carbons (Fsp3) is 0.500. The third kappa shape index (κ3) is 3.61. The molecule has 104 valence electrons. The number of halogens is 2. The van der Waals surface area contributed by atoms with E-state index in [0.29, 0.717) is 16.6 Å². The van der Waals surface area contributed by atoms with E-state index < -0.39 is 0 Å². The lowest BCUT2D eigenvalue weighted by Gasteiger charge is -2.35. The number of carbonyl (C=O) groups excluding carboxylic acids is 1. The van der Waals surface area contributed by atoms with Gasteiger partial charge in [0.2, 0.25) is 0 Å². The Balaban J connectivity index is 2.08. The second kappa shape index (κ2) is 6.41. The molecule has 1 fully saturated rings. The number of carbonyl (C=O) groups is 1. The normalized spacial score (nSPS) is 17.5. The molecule has 0 atom stereocenters. The number of amides is 1. The molecular weight excluding hydrogens is 375 g/mol. The van der Waals surface area contributed by atoms with E-state index in [1.807, 2.05) is 24.1 Å². The number of piperidine rings is 1. The minimum absolute atomic E-state index is 0.0628. The van der Waals surface area contributed by atoms with Gasteiger partial charge in [-0.15, -0.1) is 0 Å². The van der Waals surface area contributed by atoms with Gasteiger partial charge in [-0.1, -0.05) is 11.6 Å². The number of hydrogen-bond donors (Lipinski definition) is 0. The third-order valence-electron chi connectivity index (χ3n) is 3.72. The summed E-state index contributed by atoms with van der Waals surface area (Å²) < 4.78 is 0.970. The second-order valence-corrected chi connectivity index (χ2v) is 6.65. The first-order valence-corrected chi connectivity index (χ1v) is 7.85. The largest absolute Gasteiger partial charge is 0.339 e. The van der Waals surface area contributed by atoms with Gasteiger partial charge in [-0.05, 0) is 73.8 Å². The van der Waals surface area contributed by atoms with Crippen LogP contribution in [0.15, 0.2) is 18.2 Å². The van der Waals surface area contributed by atoms with Gasteiger partial charge in [0, 0.05) is 22.2 Å². The standard InChI is InChI=1S/C14H18ClIN2O/c1-17-7-5-11(6-8-17)18(2)14(19)10-3-4-13(16)12(15)9-10/h3-4,9,11H,5-8H2,1-2H3. The maximum absolute atomic E-state index is 12.4. The number of rotatable bonds is 2. The molecule has 1 aromatic carbocycles. The first-order valence-electron chi connectivity index (χ1n) is 6.40. The smallest absolute Gasteiger partial charge is 0.253 e. The summed E-state index contributed by atoms with van der Waals surface area (Å²) in [7, 11) is 4.02. The summed E-state index contributed by atoms with van der Waals surface area (Å²) in [6, 6.07) is 5.83. The van der Waals surface area contributed by atoms with Crippen LogP contribution in [0.1, 0.15) is 23.2 Å². The van der Waals surface area contributed by atoms with Crippen LogP contribution in [0, 0.1) is 3.57 Å². The highest BCUT2D eigenvalue weighted by Gasteiger charge is 2.24. The fourth-order valence-corrected chi connectivity index (χ4v) is 2.90. The number of nitrogens with zero attached hydrogens (tertiary/aromatic N) is 2. The Labute approximate surface area is 133 Å². The monoisotopic (exact) mass is 392 g/mol. The highest BCUT2D eigenvalue weighted by molar-refractivity contribution is 14.1. The number of benzene rings is 1.